The van der Waals surface area contributed by atoms with Gasteiger partial charge in [-0.15, -0.1) is 0 Å². The number of rotatable bonds is 10. The van der Waals surface area contributed by atoms with Crippen LogP contribution < -0.4 is 0 Å². The molecule has 2 rings (SSSR count). The zero-order valence-electron chi connectivity index (χ0n) is 22.3. The minimum Gasteiger partial charge on any atom is -0.452 e. The highest BCUT2D eigenvalue weighted by atomic mass is 127. The van der Waals surface area contributed by atoms with Gasteiger partial charge in [-0.2, -0.15) is 0 Å². The van der Waals surface area contributed by atoms with E-state index in [0.717, 1.165) is 10.8 Å². The molecule has 5 atom stereocenters. The Balaban J connectivity index is 2.24. The van der Waals surface area contributed by atoms with Crippen LogP contribution in [0.4, 0.5) is 0 Å². The van der Waals surface area contributed by atoms with E-state index in [2.05, 4.69) is 76.4 Å². The molecular formula is C27H43IO5Si. The van der Waals surface area contributed by atoms with E-state index in [4.69, 9.17) is 18.6 Å². The molecule has 34 heavy (non-hydrogen) atoms. The first kappa shape index (κ1) is 29.5. The molecule has 0 N–H and O–H groups in total. The van der Waals surface area contributed by atoms with E-state index in [-0.39, 0.29) is 35.2 Å². The van der Waals surface area contributed by atoms with Gasteiger partial charge >= 0.3 is 5.97 Å². The zero-order valence-corrected chi connectivity index (χ0v) is 25.4. The lowest BCUT2D eigenvalue weighted by molar-refractivity contribution is -0.153. The Morgan fingerprint density at radius 3 is 2.32 bits per heavy atom. The van der Waals surface area contributed by atoms with Crippen LogP contribution >= 0.6 is 22.6 Å². The van der Waals surface area contributed by atoms with Crippen molar-refractivity contribution in [2.75, 3.05) is 4.43 Å². The molecule has 192 valence electrons. The Labute approximate surface area is 221 Å². The van der Waals surface area contributed by atoms with Crippen molar-refractivity contribution in [1.82, 2.24) is 0 Å². The molecule has 1 fully saturated rings. The molecule has 0 amide bonds. The van der Waals surface area contributed by atoms with Crippen molar-refractivity contribution >= 4 is 36.9 Å². The van der Waals surface area contributed by atoms with E-state index in [1.807, 2.05) is 38.1 Å². The topological polar surface area (TPSA) is 54.0 Å². The number of halogens is 1. The van der Waals surface area contributed by atoms with Gasteiger partial charge in [0, 0.05) is 10.5 Å². The Kier molecular flexibility index (Phi) is 10.4. The van der Waals surface area contributed by atoms with Crippen LogP contribution in [-0.2, 0) is 18.6 Å². The number of hydrogen-bond donors (Lipinski definition) is 0. The Morgan fingerprint density at radius 1 is 1.15 bits per heavy atom. The highest BCUT2D eigenvalue weighted by Gasteiger charge is 2.45. The molecule has 0 aromatic heterocycles. The average Bonchev–Trinajstić information content (AvgIpc) is 3.04. The van der Waals surface area contributed by atoms with Crippen molar-refractivity contribution < 1.29 is 23.4 Å². The number of esters is 1. The minimum absolute atomic E-state index is 0.0462. The van der Waals surface area contributed by atoms with Crippen LogP contribution in [0.15, 0.2) is 42.5 Å². The fraction of sp³-hybridized carbons (Fsp3) is 0.667. The number of hydrogen-bond acceptors (Lipinski definition) is 5. The van der Waals surface area contributed by atoms with Crippen LogP contribution in [0.2, 0.25) is 18.1 Å². The maximum atomic E-state index is 12.9. The second-order valence-electron chi connectivity index (χ2n) is 11.2. The van der Waals surface area contributed by atoms with E-state index < -0.39 is 20.2 Å². The Bertz CT molecular complexity index is 818. The highest BCUT2D eigenvalue weighted by Crippen LogP contribution is 2.38. The van der Waals surface area contributed by atoms with Crippen molar-refractivity contribution in [3.8, 4) is 0 Å². The first-order chi connectivity index (χ1) is 15.7. The molecule has 0 aliphatic carbocycles. The summed E-state index contributed by atoms with van der Waals surface area (Å²) in [6.07, 6.45) is 3.83. The normalized spacial score (nSPS) is 23.6. The van der Waals surface area contributed by atoms with Gasteiger partial charge in [0.25, 0.3) is 0 Å². The average molecular weight is 603 g/mol. The highest BCUT2D eigenvalue weighted by molar-refractivity contribution is 14.1. The van der Waals surface area contributed by atoms with Crippen molar-refractivity contribution in [1.29, 1.82) is 0 Å². The summed E-state index contributed by atoms with van der Waals surface area (Å²) in [5, 5.41) is 0.145. The summed E-state index contributed by atoms with van der Waals surface area (Å²) >= 11 is 2.34. The van der Waals surface area contributed by atoms with Crippen LogP contribution in [0, 0.1) is 5.92 Å². The molecular weight excluding hydrogens is 559 g/mol. The molecule has 0 radical (unpaired) electrons. The first-order valence-electron chi connectivity index (χ1n) is 12.2. The number of alkyl halides is 1. The fourth-order valence-electron chi connectivity index (χ4n) is 3.64. The van der Waals surface area contributed by atoms with E-state index in [0.29, 0.717) is 5.56 Å². The summed E-state index contributed by atoms with van der Waals surface area (Å²) in [5.41, 5.74) is 0.521. The second-order valence-corrected chi connectivity index (χ2v) is 17.0. The molecule has 1 heterocycles. The molecule has 7 heteroatoms. The van der Waals surface area contributed by atoms with Crippen molar-refractivity contribution in [3.63, 3.8) is 0 Å². The molecule has 5 nitrogen and oxygen atoms in total. The second kappa shape index (κ2) is 12.0. The summed E-state index contributed by atoms with van der Waals surface area (Å²) in [5.74, 6) is -0.947. The quantitative estimate of drug-likeness (QED) is 0.0936. The van der Waals surface area contributed by atoms with Crippen molar-refractivity contribution in [2.45, 2.75) is 103 Å². The minimum atomic E-state index is -1.89. The van der Waals surface area contributed by atoms with E-state index in [1.165, 1.54) is 0 Å². The lowest BCUT2D eigenvalue weighted by Gasteiger charge is -2.39. The monoisotopic (exact) mass is 602 g/mol. The van der Waals surface area contributed by atoms with E-state index in [9.17, 15) is 4.79 Å². The van der Waals surface area contributed by atoms with Gasteiger partial charge in [-0.25, -0.2) is 4.79 Å². The lowest BCUT2D eigenvalue weighted by Crippen LogP contribution is -2.44. The van der Waals surface area contributed by atoms with E-state index >= 15 is 0 Å². The van der Waals surface area contributed by atoms with Gasteiger partial charge in [0.15, 0.2) is 14.1 Å². The molecule has 0 spiro atoms. The number of ether oxygens (including phenoxy) is 3. The molecule has 1 aromatic rings. The summed E-state index contributed by atoms with van der Waals surface area (Å²) in [4.78, 5) is 12.9. The third-order valence-corrected chi connectivity index (χ3v) is 12.0. The van der Waals surface area contributed by atoms with Gasteiger partial charge in [-0.05, 0) is 69.5 Å². The lowest BCUT2D eigenvalue weighted by atomic mass is 10.0. The number of benzene rings is 1. The molecule has 1 unspecified atom stereocenters. The molecule has 1 aliphatic rings. The third kappa shape index (κ3) is 8.15. The fourth-order valence-corrected chi connectivity index (χ4v) is 5.76. The predicted octanol–water partition coefficient (Wildman–Crippen LogP) is 7.16. The van der Waals surface area contributed by atoms with Gasteiger partial charge in [-0.3, -0.25) is 0 Å². The van der Waals surface area contributed by atoms with Gasteiger partial charge in [0.05, 0.1) is 11.7 Å². The summed E-state index contributed by atoms with van der Waals surface area (Å²) < 4.78 is 25.9. The summed E-state index contributed by atoms with van der Waals surface area (Å²) in [6.45, 7) is 19.4. The van der Waals surface area contributed by atoms with Crippen molar-refractivity contribution in [3.05, 3.63) is 48.0 Å². The maximum absolute atomic E-state index is 12.9. The van der Waals surface area contributed by atoms with Gasteiger partial charge in [-0.1, -0.05) is 74.6 Å². The smallest absolute Gasteiger partial charge is 0.338 e. The van der Waals surface area contributed by atoms with Crippen LogP contribution in [0.1, 0.15) is 65.2 Å². The zero-order chi connectivity index (χ0) is 25.7. The third-order valence-electron chi connectivity index (χ3n) is 6.82. The van der Waals surface area contributed by atoms with Crippen LogP contribution in [0.3, 0.4) is 0 Å². The summed E-state index contributed by atoms with van der Waals surface area (Å²) in [6, 6.07) is 9.08. The van der Waals surface area contributed by atoms with Crippen LogP contribution in [-0.4, -0.2) is 48.9 Å². The maximum Gasteiger partial charge on any atom is 0.338 e. The molecule has 0 saturated carbocycles. The van der Waals surface area contributed by atoms with E-state index in [1.54, 1.807) is 12.1 Å². The molecule has 1 saturated heterocycles. The van der Waals surface area contributed by atoms with Gasteiger partial charge < -0.3 is 18.6 Å². The van der Waals surface area contributed by atoms with Crippen LogP contribution in [0.25, 0.3) is 0 Å². The first-order valence-corrected chi connectivity index (χ1v) is 16.6. The molecule has 1 aliphatic heterocycles. The van der Waals surface area contributed by atoms with Gasteiger partial charge in [0.2, 0.25) is 0 Å². The summed E-state index contributed by atoms with van der Waals surface area (Å²) in [7, 11) is -1.89. The predicted molar refractivity (Wildman–Crippen MR) is 149 cm³/mol. The SMILES string of the molecule is C[C@H](/C=C\C(OC(=O)c1ccccc1)[C@@H]1OC(C)(C)O[C@H]1CCI)[C@H](C)O[Si](C)(C)C(C)(C)C. The van der Waals surface area contributed by atoms with Gasteiger partial charge in [0.1, 0.15) is 12.2 Å². The Morgan fingerprint density at radius 2 is 1.76 bits per heavy atom. The Hall–Kier alpha value is -0.743. The molecule has 1 aromatic carbocycles. The largest absolute Gasteiger partial charge is 0.452 e. The number of carbonyl (C=O) groups is 1. The standard InChI is InChI=1S/C27H43IO5Si/c1-19(20(2)33-34(8,9)26(3,4)5)15-16-22(30-25(29)21-13-11-10-12-14-21)24-23(17-18-28)31-27(6,7)32-24/h10-16,19-20,22-24H,17-18H2,1-9H3/b16-15-/t19-,20+,22?,23+,24+/m1/s1. The van der Waals surface area contributed by atoms with Crippen molar-refractivity contribution in [2.24, 2.45) is 5.92 Å². The van der Waals surface area contributed by atoms with Crippen LogP contribution in [0.5, 0.6) is 0 Å². The number of carbonyl (C=O) groups excluding carboxylic acids is 1. The molecule has 0 bridgehead atoms.